The van der Waals surface area contributed by atoms with Gasteiger partial charge in [-0.3, -0.25) is 0 Å². The van der Waals surface area contributed by atoms with E-state index in [-0.39, 0.29) is 0 Å². The summed E-state index contributed by atoms with van der Waals surface area (Å²) >= 11 is 0. The smallest absolute Gasteiger partial charge is 0.0788 e. The SMILES string of the molecule is c1ccc(-c2ccccc2-c2ccccc2-c2ccc(-c3c4ccccc4c(-c4cccc5c4ccc4c(-c6ccc7ccccc7c6)nc6ccccc6c45)c4ccccc34)cc2)cc1. The Morgan fingerprint density at radius 1 is 0.227 bits per heavy atom. The van der Waals surface area contributed by atoms with Crippen molar-refractivity contribution in [1.82, 2.24) is 4.98 Å². The molecule has 12 aromatic carbocycles. The zero-order chi connectivity index (χ0) is 43.6. The number of hydrogen-bond donors (Lipinski definition) is 0. The average molecular weight is 836 g/mol. The lowest BCUT2D eigenvalue weighted by Crippen LogP contribution is -1.94. The highest BCUT2D eigenvalue weighted by molar-refractivity contribution is 6.28. The molecule has 0 N–H and O–H groups in total. The van der Waals surface area contributed by atoms with Crippen LogP contribution >= 0.6 is 0 Å². The highest BCUT2D eigenvalue weighted by atomic mass is 14.7. The van der Waals surface area contributed by atoms with Crippen LogP contribution in [0.15, 0.2) is 249 Å². The summed E-state index contributed by atoms with van der Waals surface area (Å²) in [5.74, 6) is 0. The molecule has 66 heavy (non-hydrogen) atoms. The average Bonchev–Trinajstić information content (AvgIpc) is 3.40. The third-order valence-corrected chi connectivity index (χ3v) is 13.7. The van der Waals surface area contributed by atoms with Crippen molar-refractivity contribution in [2.45, 2.75) is 0 Å². The summed E-state index contributed by atoms with van der Waals surface area (Å²) < 4.78 is 0. The van der Waals surface area contributed by atoms with Gasteiger partial charge in [-0.25, -0.2) is 4.98 Å². The van der Waals surface area contributed by atoms with Crippen molar-refractivity contribution in [3.05, 3.63) is 249 Å². The molecule has 0 amide bonds. The molecule has 0 aliphatic rings. The topological polar surface area (TPSA) is 12.9 Å². The van der Waals surface area contributed by atoms with Gasteiger partial charge in [-0.2, -0.15) is 0 Å². The quantitative estimate of drug-likeness (QED) is 0.120. The van der Waals surface area contributed by atoms with Crippen molar-refractivity contribution in [1.29, 1.82) is 0 Å². The van der Waals surface area contributed by atoms with Gasteiger partial charge in [0, 0.05) is 21.7 Å². The Morgan fingerprint density at radius 3 is 1.38 bits per heavy atom. The van der Waals surface area contributed by atoms with E-state index in [9.17, 15) is 0 Å². The predicted octanol–water partition coefficient (Wildman–Crippen LogP) is 18.0. The minimum Gasteiger partial charge on any atom is -0.247 e. The van der Waals surface area contributed by atoms with Gasteiger partial charge in [-0.15, -0.1) is 0 Å². The number of hydrogen-bond acceptors (Lipinski definition) is 1. The van der Waals surface area contributed by atoms with E-state index in [0.717, 1.165) is 27.5 Å². The van der Waals surface area contributed by atoms with E-state index in [0.29, 0.717) is 0 Å². The second-order valence-electron chi connectivity index (χ2n) is 17.3. The zero-order valence-electron chi connectivity index (χ0n) is 36.1. The van der Waals surface area contributed by atoms with Crippen LogP contribution in [-0.2, 0) is 0 Å². The predicted molar refractivity (Wildman–Crippen MR) is 282 cm³/mol. The van der Waals surface area contributed by atoms with Crippen LogP contribution < -0.4 is 0 Å². The molecular weight excluding hydrogens is 795 g/mol. The maximum absolute atomic E-state index is 5.34. The van der Waals surface area contributed by atoms with Crippen LogP contribution in [0.3, 0.4) is 0 Å². The van der Waals surface area contributed by atoms with Crippen LogP contribution in [-0.4, -0.2) is 4.98 Å². The monoisotopic (exact) mass is 835 g/mol. The van der Waals surface area contributed by atoms with Gasteiger partial charge in [0.2, 0.25) is 0 Å². The van der Waals surface area contributed by atoms with E-state index in [1.807, 2.05) is 0 Å². The Kier molecular flexibility index (Phi) is 8.92. The molecule has 13 aromatic rings. The van der Waals surface area contributed by atoms with Crippen LogP contribution in [0.1, 0.15) is 0 Å². The van der Waals surface area contributed by atoms with Gasteiger partial charge in [0.15, 0.2) is 0 Å². The molecule has 306 valence electrons. The van der Waals surface area contributed by atoms with Crippen LogP contribution in [0.5, 0.6) is 0 Å². The third kappa shape index (κ3) is 6.13. The third-order valence-electron chi connectivity index (χ3n) is 13.7. The number of fused-ring (bicyclic) bond motifs is 8. The number of para-hydroxylation sites is 1. The molecular formula is C65H41N. The molecule has 0 atom stereocenters. The molecule has 0 radical (unpaired) electrons. The van der Waals surface area contributed by atoms with Gasteiger partial charge < -0.3 is 0 Å². The molecule has 0 saturated carbocycles. The lowest BCUT2D eigenvalue weighted by Gasteiger charge is -2.20. The van der Waals surface area contributed by atoms with Crippen molar-refractivity contribution >= 4 is 64.8 Å². The lowest BCUT2D eigenvalue weighted by molar-refractivity contribution is 1.43. The largest absolute Gasteiger partial charge is 0.247 e. The summed E-state index contributed by atoms with van der Waals surface area (Å²) in [7, 11) is 0. The summed E-state index contributed by atoms with van der Waals surface area (Å²) in [6.07, 6.45) is 0. The van der Waals surface area contributed by atoms with E-state index < -0.39 is 0 Å². The second kappa shape index (κ2) is 15.6. The molecule has 0 spiro atoms. The zero-order valence-corrected chi connectivity index (χ0v) is 36.1. The number of benzene rings is 12. The number of rotatable bonds is 6. The number of pyridine rings is 1. The minimum atomic E-state index is 0.998. The Hall–Kier alpha value is -8.65. The van der Waals surface area contributed by atoms with E-state index >= 15 is 0 Å². The van der Waals surface area contributed by atoms with Gasteiger partial charge in [0.05, 0.1) is 11.2 Å². The van der Waals surface area contributed by atoms with Crippen LogP contribution in [0, 0.1) is 0 Å². The molecule has 0 unspecified atom stereocenters. The van der Waals surface area contributed by atoms with Gasteiger partial charge in [-0.05, 0) is 111 Å². The van der Waals surface area contributed by atoms with Gasteiger partial charge in [0.25, 0.3) is 0 Å². The van der Waals surface area contributed by atoms with E-state index in [1.165, 1.54) is 104 Å². The van der Waals surface area contributed by atoms with E-state index in [1.54, 1.807) is 0 Å². The first-order valence-corrected chi connectivity index (χ1v) is 22.8. The molecule has 0 bridgehead atoms. The van der Waals surface area contributed by atoms with Crippen LogP contribution in [0.25, 0.3) is 132 Å². The Bertz CT molecular complexity index is 3980. The molecule has 1 heterocycles. The van der Waals surface area contributed by atoms with Gasteiger partial charge >= 0.3 is 0 Å². The maximum Gasteiger partial charge on any atom is 0.0788 e. The minimum absolute atomic E-state index is 0.998. The molecule has 1 nitrogen and oxygen atoms in total. The summed E-state index contributed by atoms with van der Waals surface area (Å²) in [6.45, 7) is 0. The standard InChI is InChI=1S/C65H41N/c1-2-18-43(19-3-1)48-21-6-8-23-50(48)51-24-9-7-22-49(51)44-34-36-45(37-35-44)62-55-25-10-12-27-57(55)63(58-28-13-11-26-56(58)62)53-30-16-31-54-52(53)39-40-60-64(54)59-29-14-15-32-61(59)66-65(60)47-38-33-42-17-4-5-20-46(42)41-47/h1-41H. The fourth-order valence-electron chi connectivity index (χ4n) is 10.7. The highest BCUT2D eigenvalue weighted by Crippen LogP contribution is 2.48. The molecule has 0 aliphatic heterocycles. The van der Waals surface area contributed by atoms with Crippen LogP contribution in [0.4, 0.5) is 0 Å². The first-order chi connectivity index (χ1) is 32.8. The van der Waals surface area contributed by atoms with Gasteiger partial charge in [0.1, 0.15) is 0 Å². The molecule has 0 aliphatic carbocycles. The molecule has 0 fully saturated rings. The van der Waals surface area contributed by atoms with Crippen molar-refractivity contribution in [2.24, 2.45) is 0 Å². The Labute approximate surface area is 383 Å². The summed E-state index contributed by atoms with van der Waals surface area (Å²) in [4.78, 5) is 5.34. The molecule has 13 rings (SSSR count). The molecule has 1 heteroatoms. The summed E-state index contributed by atoms with van der Waals surface area (Å²) in [6, 6.07) is 90.9. The van der Waals surface area contributed by atoms with Crippen molar-refractivity contribution in [2.75, 3.05) is 0 Å². The molecule has 0 saturated heterocycles. The van der Waals surface area contributed by atoms with E-state index in [4.69, 9.17) is 4.98 Å². The van der Waals surface area contributed by atoms with Crippen LogP contribution in [0.2, 0.25) is 0 Å². The fraction of sp³-hybridized carbons (Fsp3) is 0. The number of aromatic nitrogens is 1. The van der Waals surface area contributed by atoms with Gasteiger partial charge in [-0.1, -0.05) is 237 Å². The van der Waals surface area contributed by atoms with E-state index in [2.05, 4.69) is 249 Å². The first-order valence-electron chi connectivity index (χ1n) is 22.8. The van der Waals surface area contributed by atoms with Crippen molar-refractivity contribution < 1.29 is 0 Å². The first kappa shape index (κ1) is 37.9. The normalized spacial score (nSPS) is 11.6. The molecule has 1 aromatic heterocycles. The maximum atomic E-state index is 5.34. The Balaban J connectivity index is 0.985. The second-order valence-corrected chi connectivity index (χ2v) is 17.3. The lowest BCUT2D eigenvalue weighted by atomic mass is 9.83. The fourth-order valence-corrected chi connectivity index (χ4v) is 10.7. The highest BCUT2D eigenvalue weighted by Gasteiger charge is 2.21. The Morgan fingerprint density at radius 2 is 0.697 bits per heavy atom. The summed E-state index contributed by atoms with van der Waals surface area (Å²) in [5.41, 5.74) is 15.4. The summed E-state index contributed by atoms with van der Waals surface area (Å²) in [5, 5.41) is 13.4. The van der Waals surface area contributed by atoms with Crippen molar-refractivity contribution in [3.63, 3.8) is 0 Å². The number of nitrogens with zero attached hydrogens (tertiary/aromatic N) is 1. The van der Waals surface area contributed by atoms with Crippen molar-refractivity contribution in [3.8, 4) is 66.9 Å².